The molecular weight excluding hydrogens is 408 g/mol. The number of benzene rings is 1. The van der Waals surface area contributed by atoms with Crippen LogP contribution in [0.2, 0.25) is 0 Å². The Morgan fingerprint density at radius 1 is 1.09 bits per heavy atom. The summed E-state index contributed by atoms with van der Waals surface area (Å²) in [6, 6.07) is 7.35. The van der Waals surface area contributed by atoms with Crippen molar-refractivity contribution in [3.8, 4) is 0 Å². The van der Waals surface area contributed by atoms with Crippen LogP contribution in [0.4, 0.5) is 10.5 Å². The molecule has 1 aliphatic carbocycles. The highest BCUT2D eigenvalue weighted by Crippen LogP contribution is 2.32. The minimum Gasteiger partial charge on any atom is -0.451 e. The predicted molar refractivity (Wildman–Crippen MR) is 129 cm³/mol. The molecule has 1 aliphatic rings. The average Bonchev–Trinajstić information content (AvgIpc) is 3.65. The van der Waals surface area contributed by atoms with Crippen molar-refractivity contribution in [2.75, 3.05) is 25.9 Å². The number of para-hydroxylation sites is 1. The molecule has 8 heteroatoms. The van der Waals surface area contributed by atoms with Gasteiger partial charge in [-0.25, -0.2) is 4.79 Å². The number of nitrogens with zero attached hydrogens (tertiary/aromatic N) is 4. The number of hydroxylamine groups is 1. The van der Waals surface area contributed by atoms with E-state index >= 15 is 0 Å². The second-order valence-electron chi connectivity index (χ2n) is 7.68. The molecule has 2 rings (SSSR count). The zero-order chi connectivity index (χ0) is 23.3. The molecule has 0 aliphatic heterocycles. The molecule has 1 amide bonds. The maximum Gasteiger partial charge on any atom is 0.438 e. The minimum absolute atomic E-state index is 0.373. The fourth-order valence-corrected chi connectivity index (χ4v) is 3.31. The normalized spacial score (nSPS) is 15.0. The van der Waals surface area contributed by atoms with Crippen molar-refractivity contribution < 1.29 is 19.2 Å². The van der Waals surface area contributed by atoms with E-state index in [-0.39, 0.29) is 0 Å². The molecule has 0 saturated heterocycles. The van der Waals surface area contributed by atoms with E-state index in [1.807, 2.05) is 32.0 Å². The quantitative estimate of drug-likeness (QED) is 0.220. The third-order valence-electron chi connectivity index (χ3n) is 5.17. The van der Waals surface area contributed by atoms with Gasteiger partial charge in [0, 0.05) is 11.5 Å². The summed E-state index contributed by atoms with van der Waals surface area (Å²) in [5.74, 6) is 0.373. The molecular formula is C24H36N4O4. The number of oxime groups is 1. The van der Waals surface area contributed by atoms with Crippen LogP contribution in [0.5, 0.6) is 0 Å². The Balaban J connectivity index is 2.33. The zero-order valence-electron chi connectivity index (χ0n) is 20.0. The smallest absolute Gasteiger partial charge is 0.438 e. The molecule has 1 saturated carbocycles. The topological polar surface area (TPSA) is 85.1 Å². The first-order valence-corrected chi connectivity index (χ1v) is 11.4. The summed E-state index contributed by atoms with van der Waals surface area (Å²) in [5.41, 5.74) is 3.72. The lowest BCUT2D eigenvalue weighted by Crippen LogP contribution is -2.30. The van der Waals surface area contributed by atoms with Gasteiger partial charge in [-0.15, -0.1) is 0 Å². The van der Waals surface area contributed by atoms with Gasteiger partial charge in [-0.2, -0.15) is 15.3 Å². The van der Waals surface area contributed by atoms with Crippen LogP contribution in [0.25, 0.3) is 0 Å². The summed E-state index contributed by atoms with van der Waals surface area (Å²) in [7, 11) is 2.72. The number of ether oxygens (including phenoxy) is 1. The SMILES string of the molecule is CCCCCCC(=N\OCC)/C(=N/N=C(\C)c1ccccc1N(OC)C(=O)OC)C1CC1. The van der Waals surface area contributed by atoms with E-state index in [1.165, 1.54) is 27.1 Å². The summed E-state index contributed by atoms with van der Waals surface area (Å²) in [4.78, 5) is 22.7. The average molecular weight is 445 g/mol. The van der Waals surface area contributed by atoms with E-state index in [1.54, 1.807) is 6.07 Å². The monoisotopic (exact) mass is 444 g/mol. The Labute approximate surface area is 191 Å². The zero-order valence-corrected chi connectivity index (χ0v) is 20.0. The van der Waals surface area contributed by atoms with Crippen molar-refractivity contribution in [2.24, 2.45) is 21.3 Å². The predicted octanol–water partition coefficient (Wildman–Crippen LogP) is 5.76. The van der Waals surface area contributed by atoms with Gasteiger partial charge in [0.15, 0.2) is 0 Å². The summed E-state index contributed by atoms with van der Waals surface area (Å²) < 4.78 is 4.82. The van der Waals surface area contributed by atoms with E-state index in [9.17, 15) is 4.79 Å². The van der Waals surface area contributed by atoms with E-state index in [4.69, 9.17) is 14.4 Å². The van der Waals surface area contributed by atoms with Crippen LogP contribution in [-0.2, 0) is 14.4 Å². The molecule has 0 bridgehead atoms. The van der Waals surface area contributed by atoms with Gasteiger partial charge in [-0.3, -0.25) is 4.84 Å². The first kappa shape index (κ1) is 25.5. The van der Waals surface area contributed by atoms with Gasteiger partial charge in [-0.1, -0.05) is 49.5 Å². The van der Waals surface area contributed by atoms with Crippen molar-refractivity contribution in [1.29, 1.82) is 0 Å². The summed E-state index contributed by atoms with van der Waals surface area (Å²) in [6.45, 7) is 6.51. The van der Waals surface area contributed by atoms with Crippen molar-refractivity contribution in [3.63, 3.8) is 0 Å². The van der Waals surface area contributed by atoms with E-state index in [2.05, 4.69) is 22.3 Å². The van der Waals surface area contributed by atoms with Gasteiger partial charge < -0.3 is 9.57 Å². The Hall–Kier alpha value is -2.74. The maximum absolute atomic E-state index is 12.1. The summed E-state index contributed by atoms with van der Waals surface area (Å²) in [6.07, 6.45) is 7.01. The second kappa shape index (κ2) is 13.6. The van der Waals surface area contributed by atoms with Gasteiger partial charge in [0.05, 0.1) is 31.3 Å². The van der Waals surface area contributed by atoms with Gasteiger partial charge in [0.1, 0.15) is 12.3 Å². The van der Waals surface area contributed by atoms with Crippen LogP contribution in [0, 0.1) is 5.92 Å². The van der Waals surface area contributed by atoms with Crippen LogP contribution in [0.3, 0.4) is 0 Å². The van der Waals surface area contributed by atoms with Crippen LogP contribution in [-0.4, -0.2) is 44.1 Å². The van der Waals surface area contributed by atoms with Crippen molar-refractivity contribution in [2.45, 2.75) is 65.7 Å². The molecule has 0 radical (unpaired) electrons. The molecule has 0 aromatic heterocycles. The maximum atomic E-state index is 12.1. The molecule has 0 heterocycles. The molecule has 0 atom stereocenters. The lowest BCUT2D eigenvalue weighted by molar-refractivity contribution is 0.115. The standard InChI is InChI=1S/C24H36N4O4/c1-6-8-9-10-14-21(27-32-7-2)23(19-16-17-19)26-25-18(3)20-13-11-12-15-22(20)28(31-5)24(29)30-4/h11-13,15,19H,6-10,14,16-17H2,1-5H3/b25-18+,26-23+,27-21+. The first-order chi connectivity index (χ1) is 15.6. The van der Waals surface area contributed by atoms with Crippen molar-refractivity contribution in [1.82, 2.24) is 0 Å². The van der Waals surface area contributed by atoms with Gasteiger partial charge in [0.2, 0.25) is 0 Å². The van der Waals surface area contributed by atoms with Gasteiger partial charge in [0.25, 0.3) is 0 Å². The molecule has 176 valence electrons. The van der Waals surface area contributed by atoms with Gasteiger partial charge in [-0.05, 0) is 45.6 Å². The van der Waals surface area contributed by atoms with E-state index in [0.29, 0.717) is 23.9 Å². The first-order valence-electron chi connectivity index (χ1n) is 11.4. The van der Waals surface area contributed by atoms with E-state index in [0.717, 1.165) is 54.2 Å². The molecule has 1 aromatic rings. The highest BCUT2D eigenvalue weighted by atomic mass is 16.7. The fourth-order valence-electron chi connectivity index (χ4n) is 3.31. The third kappa shape index (κ3) is 7.44. The van der Waals surface area contributed by atoms with Gasteiger partial charge >= 0.3 is 6.09 Å². The Morgan fingerprint density at radius 3 is 2.47 bits per heavy atom. The number of carbonyl (C=O) groups is 1. The number of methoxy groups -OCH3 is 1. The highest BCUT2D eigenvalue weighted by Gasteiger charge is 2.31. The van der Waals surface area contributed by atoms with Crippen LogP contribution in [0.15, 0.2) is 39.6 Å². The lowest BCUT2D eigenvalue weighted by Gasteiger charge is -2.20. The Bertz CT molecular complexity index is 831. The summed E-state index contributed by atoms with van der Waals surface area (Å²) >= 11 is 0. The number of carbonyl (C=O) groups excluding carboxylic acids is 1. The lowest BCUT2D eigenvalue weighted by atomic mass is 10.0. The Morgan fingerprint density at radius 2 is 1.84 bits per heavy atom. The molecule has 32 heavy (non-hydrogen) atoms. The number of hydrogen-bond donors (Lipinski definition) is 0. The largest absolute Gasteiger partial charge is 0.451 e. The molecule has 1 fully saturated rings. The molecule has 0 N–H and O–H groups in total. The molecule has 0 unspecified atom stereocenters. The summed E-state index contributed by atoms with van der Waals surface area (Å²) in [5, 5.41) is 14.6. The highest BCUT2D eigenvalue weighted by molar-refractivity contribution is 6.43. The van der Waals surface area contributed by atoms with Crippen LogP contribution < -0.4 is 5.06 Å². The Kier molecular flexibility index (Phi) is 10.9. The number of amides is 1. The second-order valence-corrected chi connectivity index (χ2v) is 7.68. The fraction of sp³-hybridized carbons (Fsp3) is 0.583. The van der Waals surface area contributed by atoms with E-state index < -0.39 is 6.09 Å². The number of rotatable bonds is 13. The molecule has 8 nitrogen and oxygen atoms in total. The minimum atomic E-state index is -0.617. The van der Waals surface area contributed by atoms with Crippen molar-refractivity contribution in [3.05, 3.63) is 29.8 Å². The molecule has 1 aromatic carbocycles. The third-order valence-corrected chi connectivity index (χ3v) is 5.17. The molecule has 0 spiro atoms. The van der Waals surface area contributed by atoms with Crippen LogP contribution in [0.1, 0.15) is 71.3 Å². The number of anilines is 1. The van der Waals surface area contributed by atoms with Crippen molar-refractivity contribution >= 4 is 28.9 Å². The van der Waals surface area contributed by atoms with Crippen LogP contribution >= 0.6 is 0 Å². The number of unbranched alkanes of at least 4 members (excludes halogenated alkanes) is 3. The number of hydrogen-bond acceptors (Lipinski definition) is 7.